The van der Waals surface area contributed by atoms with Crippen LogP contribution in [0.4, 0.5) is 0 Å². The first-order valence-corrected chi connectivity index (χ1v) is 6.32. The summed E-state index contributed by atoms with van der Waals surface area (Å²) < 4.78 is 1.15. The number of nitrogens with one attached hydrogen (secondary N) is 1. The van der Waals surface area contributed by atoms with E-state index in [9.17, 15) is 0 Å². The maximum absolute atomic E-state index is 3.47. The highest BCUT2D eigenvalue weighted by atomic mass is 79.9. The molecule has 1 nitrogen and oxygen atoms in total. The molecule has 1 aromatic rings. The van der Waals surface area contributed by atoms with Crippen LogP contribution in [0.5, 0.6) is 0 Å². The molecule has 0 atom stereocenters. The second-order valence-corrected chi connectivity index (χ2v) is 4.50. The summed E-state index contributed by atoms with van der Waals surface area (Å²) in [7, 11) is 0. The van der Waals surface area contributed by atoms with Gasteiger partial charge in [-0.25, -0.2) is 0 Å². The number of halogens is 1. The predicted molar refractivity (Wildman–Crippen MR) is 63.3 cm³/mol. The summed E-state index contributed by atoms with van der Waals surface area (Å²) in [6.07, 6.45) is 2.11. The number of rotatable bonds is 4. The highest BCUT2D eigenvalue weighted by molar-refractivity contribution is 9.10. The zero-order valence-corrected chi connectivity index (χ0v) is 10.3. The van der Waals surface area contributed by atoms with Gasteiger partial charge in [0.15, 0.2) is 0 Å². The minimum absolute atomic E-state index is 0.958. The van der Waals surface area contributed by atoms with E-state index in [4.69, 9.17) is 0 Å². The van der Waals surface area contributed by atoms with Crippen molar-refractivity contribution in [3.63, 3.8) is 0 Å². The van der Waals surface area contributed by atoms with Crippen LogP contribution < -0.4 is 5.32 Å². The minimum atomic E-state index is 0.958. The van der Waals surface area contributed by atoms with Crippen LogP contribution in [0.25, 0.3) is 0 Å². The minimum Gasteiger partial charge on any atom is -0.313 e. The lowest BCUT2D eigenvalue weighted by atomic mass is 10.2. The molecule has 0 aliphatic carbocycles. The van der Waals surface area contributed by atoms with Crippen molar-refractivity contribution in [2.24, 2.45) is 0 Å². The molecule has 0 bridgehead atoms. The van der Waals surface area contributed by atoms with Gasteiger partial charge in [-0.05, 0) is 30.5 Å². The van der Waals surface area contributed by atoms with E-state index in [1.807, 2.05) is 0 Å². The van der Waals surface area contributed by atoms with Gasteiger partial charge in [0.25, 0.3) is 0 Å². The third kappa shape index (κ3) is 3.33. The van der Waals surface area contributed by atoms with Crippen molar-refractivity contribution in [1.82, 2.24) is 5.32 Å². The molecule has 0 spiro atoms. The summed E-state index contributed by atoms with van der Waals surface area (Å²) in [6.45, 7) is 4.10. The maximum atomic E-state index is 3.47. The van der Waals surface area contributed by atoms with Crippen LogP contribution in [-0.4, -0.2) is 12.8 Å². The molecule has 0 unspecified atom stereocenters. The molecule has 3 heteroatoms. The number of thioether (sulfide) groups is 1. The summed E-state index contributed by atoms with van der Waals surface area (Å²) in [5, 5.41) is 3.33. The van der Waals surface area contributed by atoms with Gasteiger partial charge in [0.2, 0.25) is 0 Å². The van der Waals surface area contributed by atoms with E-state index < -0.39 is 0 Å². The van der Waals surface area contributed by atoms with Gasteiger partial charge in [-0.1, -0.05) is 28.9 Å². The van der Waals surface area contributed by atoms with Crippen molar-refractivity contribution >= 4 is 27.7 Å². The van der Waals surface area contributed by atoms with Crippen LogP contribution in [0.2, 0.25) is 0 Å². The van der Waals surface area contributed by atoms with Crippen LogP contribution in [0.3, 0.4) is 0 Å². The van der Waals surface area contributed by atoms with Crippen LogP contribution in [-0.2, 0) is 6.54 Å². The highest BCUT2D eigenvalue weighted by Crippen LogP contribution is 2.24. The van der Waals surface area contributed by atoms with E-state index in [1.165, 1.54) is 10.5 Å². The second-order valence-electron chi connectivity index (χ2n) is 2.74. The lowest BCUT2D eigenvalue weighted by molar-refractivity contribution is 0.718. The first-order chi connectivity index (χ1) is 6.27. The Hall–Kier alpha value is 0.01000. The van der Waals surface area contributed by atoms with E-state index in [0.717, 1.165) is 17.6 Å². The second kappa shape index (κ2) is 5.68. The quantitative estimate of drug-likeness (QED) is 0.834. The Morgan fingerprint density at radius 1 is 1.46 bits per heavy atom. The van der Waals surface area contributed by atoms with Crippen molar-refractivity contribution < 1.29 is 0 Å². The van der Waals surface area contributed by atoms with E-state index in [2.05, 4.69) is 52.6 Å². The van der Waals surface area contributed by atoms with Gasteiger partial charge >= 0.3 is 0 Å². The fraction of sp³-hybridized carbons (Fsp3) is 0.400. The Bertz CT molecular complexity index is 276. The monoisotopic (exact) mass is 259 g/mol. The van der Waals surface area contributed by atoms with Crippen molar-refractivity contribution in [3.8, 4) is 0 Å². The third-order valence-corrected chi connectivity index (χ3v) is 3.13. The fourth-order valence-corrected chi connectivity index (χ4v) is 2.28. The van der Waals surface area contributed by atoms with Crippen molar-refractivity contribution in [2.75, 3.05) is 12.8 Å². The Balaban J connectivity index is 2.79. The Morgan fingerprint density at radius 2 is 2.23 bits per heavy atom. The first-order valence-electron chi connectivity index (χ1n) is 4.31. The Morgan fingerprint density at radius 3 is 2.85 bits per heavy atom. The normalized spacial score (nSPS) is 10.4. The third-order valence-electron chi connectivity index (χ3n) is 1.81. The van der Waals surface area contributed by atoms with Gasteiger partial charge in [0.1, 0.15) is 0 Å². The lowest BCUT2D eigenvalue weighted by Gasteiger charge is -2.07. The molecule has 0 heterocycles. The molecule has 0 fully saturated rings. The van der Waals surface area contributed by atoms with Gasteiger partial charge in [-0.2, -0.15) is 0 Å². The average molecular weight is 260 g/mol. The van der Waals surface area contributed by atoms with E-state index in [1.54, 1.807) is 11.8 Å². The van der Waals surface area contributed by atoms with Crippen LogP contribution in [0.15, 0.2) is 27.6 Å². The van der Waals surface area contributed by atoms with Crippen LogP contribution in [0.1, 0.15) is 12.5 Å². The number of benzene rings is 1. The average Bonchev–Trinajstić information content (AvgIpc) is 2.16. The summed E-state index contributed by atoms with van der Waals surface area (Å²) >= 11 is 5.26. The zero-order valence-electron chi connectivity index (χ0n) is 7.93. The molecule has 1 rings (SSSR count). The van der Waals surface area contributed by atoms with E-state index >= 15 is 0 Å². The number of hydrogen-bond acceptors (Lipinski definition) is 2. The van der Waals surface area contributed by atoms with Crippen LogP contribution in [0, 0.1) is 0 Å². The molecule has 0 saturated carbocycles. The smallest absolute Gasteiger partial charge is 0.0216 e. The Labute approximate surface area is 92.4 Å². The molecule has 0 aromatic heterocycles. The van der Waals surface area contributed by atoms with Gasteiger partial charge in [0, 0.05) is 15.9 Å². The van der Waals surface area contributed by atoms with Crippen molar-refractivity contribution in [2.45, 2.75) is 18.4 Å². The fourth-order valence-electron chi connectivity index (χ4n) is 1.12. The van der Waals surface area contributed by atoms with Crippen molar-refractivity contribution in [1.29, 1.82) is 0 Å². The molecule has 0 aliphatic rings. The molecule has 0 amide bonds. The summed E-state index contributed by atoms with van der Waals surface area (Å²) in [4.78, 5) is 1.34. The summed E-state index contributed by atoms with van der Waals surface area (Å²) in [5.74, 6) is 0. The molecular weight excluding hydrogens is 246 g/mol. The molecule has 0 aliphatic heterocycles. The summed E-state index contributed by atoms with van der Waals surface area (Å²) in [5.41, 5.74) is 1.37. The molecule has 0 radical (unpaired) electrons. The first kappa shape index (κ1) is 11.1. The molecule has 0 saturated heterocycles. The van der Waals surface area contributed by atoms with Gasteiger partial charge < -0.3 is 5.32 Å². The van der Waals surface area contributed by atoms with Gasteiger partial charge in [-0.3, -0.25) is 0 Å². The predicted octanol–water partition coefficient (Wildman–Crippen LogP) is 3.28. The maximum Gasteiger partial charge on any atom is 0.0216 e. The molecule has 72 valence electrons. The molecule has 1 aromatic carbocycles. The van der Waals surface area contributed by atoms with Crippen molar-refractivity contribution in [3.05, 3.63) is 28.2 Å². The topological polar surface area (TPSA) is 12.0 Å². The summed E-state index contributed by atoms with van der Waals surface area (Å²) in [6, 6.07) is 6.42. The van der Waals surface area contributed by atoms with E-state index in [-0.39, 0.29) is 0 Å². The molecule has 1 N–H and O–H groups in total. The van der Waals surface area contributed by atoms with Gasteiger partial charge in [-0.15, -0.1) is 11.8 Å². The van der Waals surface area contributed by atoms with Crippen LogP contribution >= 0.6 is 27.7 Å². The Kier molecular flexibility index (Phi) is 4.84. The number of hydrogen-bond donors (Lipinski definition) is 1. The van der Waals surface area contributed by atoms with E-state index in [0.29, 0.717) is 0 Å². The molecule has 13 heavy (non-hydrogen) atoms. The van der Waals surface area contributed by atoms with Gasteiger partial charge in [0.05, 0.1) is 0 Å². The highest BCUT2D eigenvalue weighted by Gasteiger charge is 2.00. The largest absolute Gasteiger partial charge is 0.313 e. The molecular formula is C10H14BrNS. The SMILES string of the molecule is CCNCc1ccc(Br)cc1SC. The lowest BCUT2D eigenvalue weighted by Crippen LogP contribution is -2.12. The standard InChI is InChI=1S/C10H14BrNS/c1-3-12-7-8-4-5-9(11)6-10(8)13-2/h4-6,12H,3,7H2,1-2H3. The zero-order chi connectivity index (χ0) is 9.68.